The second kappa shape index (κ2) is 9.29. The van der Waals surface area contributed by atoms with E-state index in [1.54, 1.807) is 24.3 Å². The molecule has 0 aliphatic carbocycles. The number of piperazine rings is 1. The molecule has 29 heavy (non-hydrogen) atoms. The summed E-state index contributed by atoms with van der Waals surface area (Å²) in [4.78, 5) is 22.2. The van der Waals surface area contributed by atoms with E-state index >= 15 is 0 Å². The number of thiophene rings is 1. The van der Waals surface area contributed by atoms with Crippen LogP contribution in [0.5, 0.6) is 0 Å². The predicted molar refractivity (Wildman–Crippen MR) is 109 cm³/mol. The van der Waals surface area contributed by atoms with Gasteiger partial charge in [-0.25, -0.2) is 0 Å². The fourth-order valence-electron chi connectivity index (χ4n) is 3.30. The molecule has 1 saturated heterocycles. The highest BCUT2D eigenvalue weighted by molar-refractivity contribution is 7.13. The van der Waals surface area contributed by atoms with Crippen molar-refractivity contribution in [2.24, 2.45) is 0 Å². The van der Waals surface area contributed by atoms with E-state index in [-0.39, 0.29) is 5.91 Å². The number of amides is 1. The Morgan fingerprint density at radius 1 is 1.21 bits per heavy atom. The molecule has 0 saturated carbocycles. The van der Waals surface area contributed by atoms with Crippen LogP contribution in [0.1, 0.15) is 18.1 Å². The van der Waals surface area contributed by atoms with Crippen molar-refractivity contribution in [3.63, 3.8) is 0 Å². The fourth-order valence-corrected chi connectivity index (χ4v) is 3.95. The molecule has 0 atom stereocenters. The van der Waals surface area contributed by atoms with Gasteiger partial charge in [-0.3, -0.25) is 9.69 Å². The summed E-state index contributed by atoms with van der Waals surface area (Å²) in [7, 11) is 0. The number of anilines is 1. The van der Waals surface area contributed by atoms with Crippen LogP contribution in [0, 0.1) is 6.92 Å². The molecule has 4 heterocycles. The zero-order valence-corrected chi connectivity index (χ0v) is 17.2. The second-order valence-electron chi connectivity index (χ2n) is 7.08. The molecule has 1 N–H and O–H groups in total. The van der Waals surface area contributed by atoms with Crippen LogP contribution in [0.15, 0.2) is 32.6 Å². The van der Waals surface area contributed by atoms with Crippen molar-refractivity contribution in [3.05, 3.63) is 35.2 Å². The first-order valence-corrected chi connectivity index (χ1v) is 10.6. The molecule has 154 valence electrons. The zero-order valence-electron chi connectivity index (χ0n) is 16.3. The Labute approximate surface area is 172 Å². The van der Waals surface area contributed by atoms with Gasteiger partial charge < -0.3 is 19.3 Å². The quantitative estimate of drug-likeness (QED) is 0.597. The summed E-state index contributed by atoms with van der Waals surface area (Å²) in [5.41, 5.74) is 0. The summed E-state index contributed by atoms with van der Waals surface area (Å²) < 4.78 is 10.3. The SMILES string of the molecule is Cc1cc(NC(=O)CN2CCN(CCCc3nc(-c4cccs4)no3)CC2)no1. The summed E-state index contributed by atoms with van der Waals surface area (Å²) >= 11 is 1.61. The number of hydrogen-bond acceptors (Lipinski definition) is 9. The summed E-state index contributed by atoms with van der Waals surface area (Å²) in [6, 6.07) is 5.68. The van der Waals surface area contributed by atoms with Gasteiger partial charge in [-0.2, -0.15) is 4.98 Å². The number of carbonyl (C=O) groups excluding carboxylic acids is 1. The Morgan fingerprint density at radius 3 is 2.76 bits per heavy atom. The van der Waals surface area contributed by atoms with Crippen molar-refractivity contribution in [1.82, 2.24) is 25.1 Å². The van der Waals surface area contributed by atoms with Gasteiger partial charge in [0.15, 0.2) is 5.82 Å². The predicted octanol–water partition coefficient (Wildman–Crippen LogP) is 2.28. The fraction of sp³-hybridized carbons (Fsp3) is 0.474. The average molecular weight is 417 g/mol. The molecule has 1 fully saturated rings. The molecule has 10 heteroatoms. The lowest BCUT2D eigenvalue weighted by Crippen LogP contribution is -2.48. The molecule has 0 unspecified atom stereocenters. The summed E-state index contributed by atoms with van der Waals surface area (Å²) in [5, 5.41) is 12.6. The minimum atomic E-state index is -0.0651. The molecule has 1 amide bonds. The molecule has 0 aromatic carbocycles. The maximum Gasteiger partial charge on any atom is 0.239 e. The Kier molecular flexibility index (Phi) is 6.33. The minimum Gasteiger partial charge on any atom is -0.360 e. The van der Waals surface area contributed by atoms with Crippen LogP contribution < -0.4 is 5.32 Å². The van der Waals surface area contributed by atoms with E-state index < -0.39 is 0 Å². The number of rotatable bonds is 8. The third-order valence-electron chi connectivity index (χ3n) is 4.80. The van der Waals surface area contributed by atoms with Crippen molar-refractivity contribution in [2.45, 2.75) is 19.8 Å². The van der Waals surface area contributed by atoms with E-state index in [4.69, 9.17) is 9.05 Å². The van der Waals surface area contributed by atoms with Gasteiger partial charge in [-0.15, -0.1) is 11.3 Å². The van der Waals surface area contributed by atoms with Crippen molar-refractivity contribution in [3.8, 4) is 10.7 Å². The number of aromatic nitrogens is 3. The smallest absolute Gasteiger partial charge is 0.239 e. The van der Waals surface area contributed by atoms with E-state index in [0.29, 0.717) is 29.8 Å². The van der Waals surface area contributed by atoms with Crippen LogP contribution >= 0.6 is 11.3 Å². The van der Waals surface area contributed by atoms with E-state index in [9.17, 15) is 4.79 Å². The number of nitrogens with zero attached hydrogens (tertiary/aromatic N) is 5. The van der Waals surface area contributed by atoms with Crippen LogP contribution in [-0.4, -0.2) is 70.3 Å². The van der Waals surface area contributed by atoms with Gasteiger partial charge >= 0.3 is 0 Å². The van der Waals surface area contributed by atoms with Crippen LogP contribution in [0.25, 0.3) is 10.7 Å². The molecule has 4 rings (SSSR count). The first-order valence-electron chi connectivity index (χ1n) is 9.70. The van der Waals surface area contributed by atoms with E-state index in [1.165, 1.54) is 0 Å². The summed E-state index contributed by atoms with van der Waals surface area (Å²) in [5.74, 6) is 2.44. The van der Waals surface area contributed by atoms with Crippen LogP contribution in [0.4, 0.5) is 5.82 Å². The molecule has 9 nitrogen and oxygen atoms in total. The Hall–Kier alpha value is -2.56. The molecular weight excluding hydrogens is 392 g/mol. The first-order chi connectivity index (χ1) is 14.2. The molecule has 0 bridgehead atoms. The van der Waals surface area contributed by atoms with E-state index in [0.717, 1.165) is 50.4 Å². The van der Waals surface area contributed by atoms with Crippen molar-refractivity contribution >= 4 is 23.1 Å². The monoisotopic (exact) mass is 416 g/mol. The molecule has 3 aromatic heterocycles. The van der Waals surface area contributed by atoms with Gasteiger partial charge in [0.1, 0.15) is 5.76 Å². The lowest BCUT2D eigenvalue weighted by atomic mass is 10.2. The van der Waals surface area contributed by atoms with Crippen LogP contribution in [0.2, 0.25) is 0 Å². The van der Waals surface area contributed by atoms with Gasteiger partial charge in [-0.05, 0) is 31.3 Å². The first kappa shape index (κ1) is 19.7. The number of carbonyl (C=O) groups is 1. The van der Waals surface area contributed by atoms with Gasteiger partial charge in [-0.1, -0.05) is 16.4 Å². The standard InChI is InChI=1S/C19H24N6O3S/c1-14-12-16(22-27-14)20-17(26)13-25-9-7-24(8-10-25)6-2-5-18-21-19(23-28-18)15-4-3-11-29-15/h3-4,11-12H,2,5-10,13H2,1H3,(H,20,22,26). The molecule has 1 aliphatic heterocycles. The van der Waals surface area contributed by atoms with E-state index in [1.807, 2.05) is 17.5 Å². The summed E-state index contributed by atoms with van der Waals surface area (Å²) in [6.45, 7) is 6.77. The van der Waals surface area contributed by atoms with Gasteiger partial charge in [0, 0.05) is 38.7 Å². The maximum atomic E-state index is 12.1. The molecule has 0 radical (unpaired) electrons. The van der Waals surface area contributed by atoms with Gasteiger partial charge in [0.25, 0.3) is 0 Å². The molecule has 1 aliphatic rings. The number of nitrogens with one attached hydrogen (secondary N) is 1. The molecular formula is C19H24N6O3S. The van der Waals surface area contributed by atoms with Gasteiger partial charge in [0.2, 0.25) is 17.6 Å². The zero-order chi connectivity index (χ0) is 20.1. The molecule has 0 spiro atoms. The third kappa shape index (κ3) is 5.49. The van der Waals surface area contributed by atoms with Crippen LogP contribution in [-0.2, 0) is 11.2 Å². The van der Waals surface area contributed by atoms with Crippen molar-refractivity contribution in [2.75, 3.05) is 44.6 Å². The highest BCUT2D eigenvalue weighted by Crippen LogP contribution is 2.21. The third-order valence-corrected chi connectivity index (χ3v) is 5.67. The van der Waals surface area contributed by atoms with Crippen molar-refractivity contribution < 1.29 is 13.8 Å². The molecule has 3 aromatic rings. The summed E-state index contributed by atoms with van der Waals surface area (Å²) in [6.07, 6.45) is 1.75. The lowest BCUT2D eigenvalue weighted by Gasteiger charge is -2.34. The van der Waals surface area contributed by atoms with Gasteiger partial charge in [0.05, 0.1) is 11.4 Å². The maximum absolute atomic E-state index is 12.1. The topological polar surface area (TPSA) is 101 Å². The lowest BCUT2D eigenvalue weighted by molar-refractivity contribution is -0.117. The number of aryl methyl sites for hydroxylation is 2. The second-order valence-corrected chi connectivity index (χ2v) is 8.03. The Bertz CT molecular complexity index is 914. The number of hydrogen-bond donors (Lipinski definition) is 1. The average Bonchev–Trinajstić information content (AvgIpc) is 3.45. The largest absolute Gasteiger partial charge is 0.360 e. The Morgan fingerprint density at radius 2 is 2.03 bits per heavy atom. The van der Waals surface area contributed by atoms with E-state index in [2.05, 4.69) is 30.4 Å². The van der Waals surface area contributed by atoms with Crippen LogP contribution in [0.3, 0.4) is 0 Å². The highest BCUT2D eigenvalue weighted by atomic mass is 32.1. The van der Waals surface area contributed by atoms with Crippen molar-refractivity contribution in [1.29, 1.82) is 0 Å². The Balaban J connectivity index is 1.13. The normalized spacial score (nSPS) is 15.6. The minimum absolute atomic E-state index is 0.0651. The highest BCUT2D eigenvalue weighted by Gasteiger charge is 2.19.